The first-order valence-corrected chi connectivity index (χ1v) is 13.7. The van der Waals surface area contributed by atoms with Crippen LogP contribution in [0.3, 0.4) is 0 Å². The monoisotopic (exact) mass is 464 g/mol. The van der Waals surface area contributed by atoms with Crippen LogP contribution in [0.15, 0.2) is 12.2 Å². The summed E-state index contributed by atoms with van der Waals surface area (Å²) in [5.41, 5.74) is 10.6. The maximum atomic E-state index is 12.4. The fourth-order valence-corrected chi connectivity index (χ4v) is 4.18. The predicted molar refractivity (Wildman–Crippen MR) is 139 cm³/mol. The number of primary amides is 2. The van der Waals surface area contributed by atoms with E-state index < -0.39 is 11.8 Å². The van der Waals surface area contributed by atoms with Gasteiger partial charge < -0.3 is 11.5 Å². The Kier molecular flexibility index (Phi) is 22.3. The van der Waals surface area contributed by atoms with Crippen LogP contribution in [-0.2, 0) is 14.4 Å². The van der Waals surface area contributed by atoms with Crippen molar-refractivity contribution in [2.45, 2.75) is 142 Å². The Morgan fingerprint density at radius 2 is 1.06 bits per heavy atom. The van der Waals surface area contributed by atoms with Crippen LogP contribution in [0.2, 0.25) is 0 Å². The summed E-state index contributed by atoms with van der Waals surface area (Å²) < 4.78 is 0. The lowest BCUT2D eigenvalue weighted by molar-refractivity contribution is -0.132. The summed E-state index contributed by atoms with van der Waals surface area (Å²) in [6.45, 7) is 2.26. The molecule has 5 heteroatoms. The molecule has 0 fully saturated rings. The number of carbonyl (C=O) groups excluding carboxylic acids is 3. The molecule has 0 aliphatic carbocycles. The lowest BCUT2D eigenvalue weighted by atomic mass is 9.92. The molecule has 0 spiro atoms. The molecule has 0 aliphatic heterocycles. The summed E-state index contributed by atoms with van der Waals surface area (Å²) >= 11 is 0. The summed E-state index contributed by atoms with van der Waals surface area (Å²) in [6, 6.07) is 0. The van der Waals surface area contributed by atoms with Crippen molar-refractivity contribution >= 4 is 17.6 Å². The number of ketones is 1. The molecule has 2 amide bonds. The standard InChI is InChI=1S/C28H52N2O3/c1-2-3-4-5-6-7-8-9-10-11-12-13-14-17-20-23-26(31)25(28(30)33)22-19-16-15-18-21-24-27(29)32/h9-10,25H,2-8,11-24H2,1H3,(H2,29,32)(H2,30,33)/b10-9-. The zero-order chi connectivity index (χ0) is 24.6. The molecule has 0 heterocycles. The van der Waals surface area contributed by atoms with Crippen LogP contribution >= 0.6 is 0 Å². The van der Waals surface area contributed by atoms with Gasteiger partial charge in [-0.1, -0.05) is 96.1 Å². The minimum Gasteiger partial charge on any atom is -0.370 e. The van der Waals surface area contributed by atoms with Gasteiger partial charge in [0.25, 0.3) is 0 Å². The van der Waals surface area contributed by atoms with Gasteiger partial charge in [0.15, 0.2) is 0 Å². The van der Waals surface area contributed by atoms with Gasteiger partial charge in [-0.05, 0) is 44.9 Å². The third-order valence-electron chi connectivity index (χ3n) is 6.33. The number of carbonyl (C=O) groups is 3. The Morgan fingerprint density at radius 3 is 1.58 bits per heavy atom. The van der Waals surface area contributed by atoms with Crippen molar-refractivity contribution in [2.24, 2.45) is 17.4 Å². The summed E-state index contributed by atoms with van der Waals surface area (Å²) in [4.78, 5) is 34.8. The first kappa shape index (κ1) is 31.4. The summed E-state index contributed by atoms with van der Waals surface area (Å²) in [7, 11) is 0. The predicted octanol–water partition coefficient (Wildman–Crippen LogP) is 6.91. The Labute approximate surface area is 203 Å². The highest BCUT2D eigenvalue weighted by Gasteiger charge is 2.22. The average Bonchev–Trinajstić information content (AvgIpc) is 2.77. The Bertz CT molecular complexity index is 531. The first-order valence-electron chi connectivity index (χ1n) is 13.7. The maximum absolute atomic E-state index is 12.4. The van der Waals surface area contributed by atoms with E-state index in [9.17, 15) is 14.4 Å². The van der Waals surface area contributed by atoms with Crippen LogP contribution in [0, 0.1) is 5.92 Å². The molecule has 1 atom stereocenters. The van der Waals surface area contributed by atoms with E-state index in [4.69, 9.17) is 11.5 Å². The molecule has 0 saturated carbocycles. The van der Waals surface area contributed by atoms with E-state index in [1.54, 1.807) is 0 Å². The largest absolute Gasteiger partial charge is 0.370 e. The third-order valence-corrected chi connectivity index (χ3v) is 6.33. The van der Waals surface area contributed by atoms with Crippen LogP contribution in [0.4, 0.5) is 0 Å². The van der Waals surface area contributed by atoms with Crippen molar-refractivity contribution < 1.29 is 14.4 Å². The maximum Gasteiger partial charge on any atom is 0.227 e. The van der Waals surface area contributed by atoms with Crippen LogP contribution < -0.4 is 11.5 Å². The molecule has 0 rings (SSSR count). The van der Waals surface area contributed by atoms with E-state index in [2.05, 4.69) is 19.1 Å². The molecule has 4 N–H and O–H groups in total. The first-order chi connectivity index (χ1) is 16.0. The quantitative estimate of drug-likeness (QED) is 0.0871. The molecular formula is C28H52N2O3. The minimum atomic E-state index is -0.632. The van der Waals surface area contributed by atoms with Gasteiger partial charge in [0.2, 0.25) is 11.8 Å². The SMILES string of the molecule is CCCCCCCC/C=C\CCCCCCCC(=O)C(CCCCCCCC(N)=O)C(N)=O. The molecule has 0 radical (unpaired) electrons. The molecular weight excluding hydrogens is 412 g/mol. The van der Waals surface area contributed by atoms with Crippen LogP contribution in [-0.4, -0.2) is 17.6 Å². The van der Waals surface area contributed by atoms with E-state index in [1.807, 2.05) is 0 Å². The van der Waals surface area contributed by atoms with Crippen molar-refractivity contribution in [1.82, 2.24) is 0 Å². The average molecular weight is 465 g/mol. The molecule has 1 unspecified atom stereocenters. The molecule has 192 valence electrons. The number of hydrogen-bond donors (Lipinski definition) is 2. The van der Waals surface area contributed by atoms with Crippen molar-refractivity contribution in [3.8, 4) is 0 Å². The third kappa shape index (κ3) is 21.9. The van der Waals surface area contributed by atoms with Crippen LogP contribution in [0.25, 0.3) is 0 Å². The molecule has 0 saturated heterocycles. The number of hydrogen-bond acceptors (Lipinski definition) is 3. The number of allylic oxidation sites excluding steroid dienone is 2. The van der Waals surface area contributed by atoms with E-state index >= 15 is 0 Å². The lowest BCUT2D eigenvalue weighted by Gasteiger charge is -2.12. The molecule has 0 bridgehead atoms. The zero-order valence-electron chi connectivity index (χ0n) is 21.5. The highest BCUT2D eigenvalue weighted by atomic mass is 16.2. The highest BCUT2D eigenvalue weighted by Crippen LogP contribution is 2.17. The highest BCUT2D eigenvalue weighted by molar-refractivity contribution is 6.00. The second-order valence-corrected chi connectivity index (χ2v) is 9.53. The smallest absolute Gasteiger partial charge is 0.227 e. The molecule has 0 aromatic heterocycles. The minimum absolute atomic E-state index is 0.00820. The molecule has 33 heavy (non-hydrogen) atoms. The normalized spacial score (nSPS) is 12.3. The van der Waals surface area contributed by atoms with Gasteiger partial charge in [-0.2, -0.15) is 0 Å². The topological polar surface area (TPSA) is 103 Å². The second-order valence-electron chi connectivity index (χ2n) is 9.53. The number of unbranched alkanes of at least 4 members (excludes halogenated alkanes) is 15. The number of amides is 2. The van der Waals surface area contributed by atoms with E-state index in [-0.39, 0.29) is 11.7 Å². The van der Waals surface area contributed by atoms with Gasteiger partial charge in [-0.25, -0.2) is 0 Å². The fraction of sp³-hybridized carbons (Fsp3) is 0.821. The lowest BCUT2D eigenvalue weighted by Crippen LogP contribution is -2.30. The summed E-state index contributed by atoms with van der Waals surface area (Å²) in [6.07, 6.45) is 26.6. The van der Waals surface area contributed by atoms with Crippen molar-refractivity contribution in [3.05, 3.63) is 12.2 Å². The molecule has 0 aliphatic rings. The Hall–Kier alpha value is -1.65. The van der Waals surface area contributed by atoms with Gasteiger partial charge in [0.1, 0.15) is 5.78 Å². The summed E-state index contributed by atoms with van der Waals surface area (Å²) in [5.74, 6) is -1.37. The molecule has 0 aromatic carbocycles. The van der Waals surface area contributed by atoms with Gasteiger partial charge in [-0.3, -0.25) is 14.4 Å². The fourth-order valence-electron chi connectivity index (χ4n) is 4.18. The van der Waals surface area contributed by atoms with Crippen molar-refractivity contribution in [3.63, 3.8) is 0 Å². The number of nitrogens with two attached hydrogens (primary N) is 2. The van der Waals surface area contributed by atoms with Gasteiger partial charge in [-0.15, -0.1) is 0 Å². The van der Waals surface area contributed by atoms with Crippen molar-refractivity contribution in [1.29, 1.82) is 0 Å². The molecule has 5 nitrogen and oxygen atoms in total. The second kappa shape index (κ2) is 23.5. The van der Waals surface area contributed by atoms with Crippen molar-refractivity contribution in [2.75, 3.05) is 0 Å². The molecule has 0 aromatic rings. The van der Waals surface area contributed by atoms with Gasteiger partial charge >= 0.3 is 0 Å². The Balaban J connectivity index is 3.65. The van der Waals surface area contributed by atoms with E-state index in [0.717, 1.165) is 57.8 Å². The van der Waals surface area contributed by atoms with Gasteiger partial charge in [0.05, 0.1) is 5.92 Å². The van der Waals surface area contributed by atoms with E-state index in [0.29, 0.717) is 19.3 Å². The zero-order valence-corrected chi connectivity index (χ0v) is 21.5. The number of rotatable bonds is 25. The summed E-state index contributed by atoms with van der Waals surface area (Å²) in [5, 5.41) is 0. The van der Waals surface area contributed by atoms with Crippen LogP contribution in [0.1, 0.15) is 142 Å². The number of Topliss-reactive ketones (excluding diaryl/α,β-unsaturated/α-hetero) is 1. The van der Waals surface area contributed by atoms with Crippen LogP contribution in [0.5, 0.6) is 0 Å². The Morgan fingerprint density at radius 1 is 0.606 bits per heavy atom. The van der Waals surface area contributed by atoms with E-state index in [1.165, 1.54) is 57.8 Å². The van der Waals surface area contributed by atoms with Gasteiger partial charge in [0, 0.05) is 12.8 Å².